The molecule has 0 radical (unpaired) electrons. The van der Waals surface area contributed by atoms with Gasteiger partial charge in [0.2, 0.25) is 5.91 Å². The molecule has 0 aliphatic carbocycles. The lowest BCUT2D eigenvalue weighted by Gasteiger charge is -2.20. The predicted molar refractivity (Wildman–Crippen MR) is 71.7 cm³/mol. The summed E-state index contributed by atoms with van der Waals surface area (Å²) in [6.45, 7) is 3.61. The highest BCUT2D eigenvalue weighted by Crippen LogP contribution is 2.20. The zero-order valence-electron chi connectivity index (χ0n) is 10.6. The van der Waals surface area contributed by atoms with E-state index >= 15 is 0 Å². The zero-order valence-corrected chi connectivity index (χ0v) is 11.4. The van der Waals surface area contributed by atoms with E-state index in [1.165, 1.54) is 0 Å². The SMILES string of the molecule is CN(C)c1ccc(NC(=O)C(C)(C)CCl)cn1. The van der Waals surface area contributed by atoms with Crippen molar-refractivity contribution in [3.8, 4) is 0 Å². The molecule has 0 atom stereocenters. The van der Waals surface area contributed by atoms with Crippen molar-refractivity contribution >= 4 is 29.0 Å². The third kappa shape index (κ3) is 3.60. The predicted octanol–water partition coefficient (Wildman–Crippen LogP) is 2.35. The Bertz CT molecular complexity index is 387. The number of alkyl halides is 1. The Balaban J connectivity index is 2.73. The van der Waals surface area contributed by atoms with E-state index in [-0.39, 0.29) is 11.8 Å². The fourth-order valence-corrected chi connectivity index (χ4v) is 1.21. The molecule has 0 aliphatic rings. The summed E-state index contributed by atoms with van der Waals surface area (Å²) in [5, 5.41) is 2.79. The molecular formula is C12H18ClN3O. The van der Waals surface area contributed by atoms with Gasteiger partial charge in [0.25, 0.3) is 0 Å². The molecule has 1 heterocycles. The number of amides is 1. The van der Waals surface area contributed by atoms with E-state index in [0.717, 1.165) is 5.82 Å². The molecule has 1 rings (SSSR count). The van der Waals surface area contributed by atoms with E-state index < -0.39 is 5.41 Å². The molecule has 0 spiro atoms. The van der Waals surface area contributed by atoms with Crippen molar-refractivity contribution in [1.29, 1.82) is 0 Å². The number of rotatable bonds is 4. The fraction of sp³-hybridized carbons (Fsp3) is 0.500. The lowest BCUT2D eigenvalue weighted by atomic mass is 9.95. The minimum absolute atomic E-state index is 0.105. The number of carbonyl (C=O) groups excluding carboxylic acids is 1. The molecule has 0 saturated carbocycles. The van der Waals surface area contributed by atoms with Crippen molar-refractivity contribution in [1.82, 2.24) is 4.98 Å². The number of hydrogen-bond donors (Lipinski definition) is 1. The molecule has 17 heavy (non-hydrogen) atoms. The third-order valence-electron chi connectivity index (χ3n) is 2.41. The first-order valence-corrected chi connectivity index (χ1v) is 5.91. The lowest BCUT2D eigenvalue weighted by molar-refractivity contribution is -0.122. The fourth-order valence-electron chi connectivity index (χ4n) is 1.09. The minimum atomic E-state index is -0.582. The van der Waals surface area contributed by atoms with E-state index in [9.17, 15) is 4.79 Å². The van der Waals surface area contributed by atoms with Gasteiger partial charge >= 0.3 is 0 Å². The molecule has 1 aromatic rings. The van der Waals surface area contributed by atoms with E-state index in [1.807, 2.05) is 31.1 Å². The second-order valence-electron chi connectivity index (χ2n) is 4.77. The molecule has 0 fully saturated rings. The van der Waals surface area contributed by atoms with Crippen molar-refractivity contribution in [3.63, 3.8) is 0 Å². The van der Waals surface area contributed by atoms with Crippen LogP contribution in [-0.4, -0.2) is 30.9 Å². The summed E-state index contributed by atoms with van der Waals surface area (Å²) in [5.74, 6) is 1.02. The Hall–Kier alpha value is -1.29. The number of halogens is 1. The van der Waals surface area contributed by atoms with Crippen LogP contribution in [0.4, 0.5) is 11.5 Å². The van der Waals surface area contributed by atoms with Gasteiger partial charge in [-0.05, 0) is 26.0 Å². The highest BCUT2D eigenvalue weighted by Gasteiger charge is 2.26. The zero-order chi connectivity index (χ0) is 13.1. The summed E-state index contributed by atoms with van der Waals surface area (Å²) < 4.78 is 0. The molecule has 1 aromatic heterocycles. The first-order chi connectivity index (χ1) is 7.86. The third-order valence-corrected chi connectivity index (χ3v) is 3.08. The van der Waals surface area contributed by atoms with Crippen LogP contribution in [0.25, 0.3) is 0 Å². The normalized spacial score (nSPS) is 11.1. The van der Waals surface area contributed by atoms with Crippen molar-refractivity contribution in [3.05, 3.63) is 18.3 Å². The van der Waals surface area contributed by atoms with Gasteiger partial charge in [-0.3, -0.25) is 4.79 Å². The summed E-state index contributed by atoms with van der Waals surface area (Å²) >= 11 is 5.74. The van der Waals surface area contributed by atoms with Crippen LogP contribution in [0.1, 0.15) is 13.8 Å². The number of nitrogens with one attached hydrogen (secondary N) is 1. The number of pyridine rings is 1. The van der Waals surface area contributed by atoms with Gasteiger partial charge in [0.1, 0.15) is 5.82 Å². The molecule has 94 valence electrons. The largest absolute Gasteiger partial charge is 0.363 e. The van der Waals surface area contributed by atoms with Crippen LogP contribution in [0.3, 0.4) is 0 Å². The molecule has 0 bridgehead atoms. The first-order valence-electron chi connectivity index (χ1n) is 5.37. The molecule has 5 heteroatoms. The van der Waals surface area contributed by atoms with Crippen LogP contribution in [0.2, 0.25) is 0 Å². The number of carbonyl (C=O) groups is 1. The maximum Gasteiger partial charge on any atom is 0.231 e. The lowest BCUT2D eigenvalue weighted by Crippen LogP contribution is -2.32. The van der Waals surface area contributed by atoms with Gasteiger partial charge in [0, 0.05) is 20.0 Å². The van der Waals surface area contributed by atoms with E-state index in [4.69, 9.17) is 11.6 Å². The van der Waals surface area contributed by atoms with Crippen LogP contribution in [0.15, 0.2) is 18.3 Å². The highest BCUT2D eigenvalue weighted by molar-refractivity contribution is 6.20. The summed E-state index contributed by atoms with van der Waals surface area (Å²) in [6, 6.07) is 3.67. The van der Waals surface area contributed by atoms with Crippen molar-refractivity contribution in [2.24, 2.45) is 5.41 Å². The minimum Gasteiger partial charge on any atom is -0.363 e. The van der Waals surface area contributed by atoms with Crippen molar-refractivity contribution in [2.75, 3.05) is 30.2 Å². The molecule has 0 aliphatic heterocycles. The van der Waals surface area contributed by atoms with Gasteiger partial charge in [-0.25, -0.2) is 4.98 Å². The number of anilines is 2. The summed E-state index contributed by atoms with van der Waals surface area (Å²) in [7, 11) is 3.83. The molecular weight excluding hydrogens is 238 g/mol. The highest BCUT2D eigenvalue weighted by atomic mass is 35.5. The number of aromatic nitrogens is 1. The quantitative estimate of drug-likeness (QED) is 0.840. The Kier molecular flexibility index (Phi) is 4.34. The van der Waals surface area contributed by atoms with Gasteiger partial charge in [-0.15, -0.1) is 11.6 Å². The average Bonchev–Trinajstić information content (AvgIpc) is 2.29. The maximum absolute atomic E-state index is 11.9. The summed E-state index contributed by atoms with van der Waals surface area (Å²) in [4.78, 5) is 18.0. The number of hydrogen-bond acceptors (Lipinski definition) is 3. The second kappa shape index (κ2) is 5.36. The van der Waals surface area contributed by atoms with Crippen LogP contribution in [-0.2, 0) is 4.79 Å². The van der Waals surface area contributed by atoms with E-state index in [2.05, 4.69) is 10.3 Å². The average molecular weight is 256 g/mol. The first kappa shape index (κ1) is 13.8. The number of nitrogens with zero attached hydrogens (tertiary/aromatic N) is 2. The molecule has 1 N–H and O–H groups in total. The summed E-state index contributed by atoms with van der Waals surface area (Å²) in [6.07, 6.45) is 1.64. The Labute approximate surface area is 107 Å². The second-order valence-corrected chi connectivity index (χ2v) is 5.04. The van der Waals surface area contributed by atoms with Gasteiger partial charge < -0.3 is 10.2 Å². The molecule has 0 unspecified atom stereocenters. The van der Waals surface area contributed by atoms with E-state index in [0.29, 0.717) is 5.69 Å². The molecule has 1 amide bonds. The van der Waals surface area contributed by atoms with Crippen LogP contribution < -0.4 is 10.2 Å². The van der Waals surface area contributed by atoms with Crippen molar-refractivity contribution < 1.29 is 4.79 Å². The van der Waals surface area contributed by atoms with Crippen LogP contribution in [0, 0.1) is 5.41 Å². The van der Waals surface area contributed by atoms with Gasteiger partial charge in [-0.2, -0.15) is 0 Å². The van der Waals surface area contributed by atoms with E-state index in [1.54, 1.807) is 20.0 Å². The standard InChI is InChI=1S/C12H18ClN3O/c1-12(2,8-13)11(17)15-9-5-6-10(14-7-9)16(3)4/h5-7H,8H2,1-4H3,(H,15,17). The van der Waals surface area contributed by atoms with Crippen molar-refractivity contribution in [2.45, 2.75) is 13.8 Å². The van der Waals surface area contributed by atoms with Crippen LogP contribution in [0.5, 0.6) is 0 Å². The van der Waals surface area contributed by atoms with Crippen LogP contribution >= 0.6 is 11.6 Å². The Morgan fingerprint density at radius 3 is 2.53 bits per heavy atom. The summed E-state index contributed by atoms with van der Waals surface area (Å²) in [5.41, 5.74) is 0.0979. The smallest absolute Gasteiger partial charge is 0.231 e. The van der Waals surface area contributed by atoms with Gasteiger partial charge in [-0.1, -0.05) is 0 Å². The monoisotopic (exact) mass is 255 g/mol. The molecule has 0 aromatic carbocycles. The molecule has 4 nitrogen and oxygen atoms in total. The maximum atomic E-state index is 11.9. The topological polar surface area (TPSA) is 45.2 Å². The van der Waals surface area contributed by atoms with Gasteiger partial charge in [0.15, 0.2) is 0 Å². The Morgan fingerprint density at radius 2 is 2.12 bits per heavy atom. The Morgan fingerprint density at radius 1 is 1.47 bits per heavy atom. The van der Waals surface area contributed by atoms with Gasteiger partial charge in [0.05, 0.1) is 17.3 Å². The molecule has 0 saturated heterocycles.